The lowest BCUT2D eigenvalue weighted by molar-refractivity contribution is -0.493. The third-order valence-corrected chi connectivity index (χ3v) is 4.28. The third kappa shape index (κ3) is 3.43. The molecule has 174 valence electrons. The molecule has 0 amide bonds. The lowest BCUT2D eigenvalue weighted by Gasteiger charge is -2.51. The Kier molecular flexibility index (Phi) is 6.51. The SMILES string of the molecule is CCOC(C(F)(F)C(F)(F)F)(C(F)(F)C(F)(F)F)C(F)(F)C(F)(F)N1CCCC1. The second-order valence-electron chi connectivity index (χ2n) is 6.07. The van der Waals surface area contributed by atoms with Crippen LogP contribution >= 0.6 is 0 Å². The first-order valence-electron chi connectivity index (χ1n) is 7.70. The largest absolute Gasteiger partial charge is 0.456 e. The number of nitrogens with zero attached hydrogens (tertiary/aromatic N) is 1. The van der Waals surface area contributed by atoms with Crippen LogP contribution < -0.4 is 0 Å². The van der Waals surface area contributed by atoms with Gasteiger partial charge in [0.2, 0.25) is 0 Å². The molecule has 1 fully saturated rings. The minimum absolute atomic E-state index is 0.206. The highest BCUT2D eigenvalue weighted by Gasteiger charge is 2.97. The molecule has 0 unspecified atom stereocenters. The second kappa shape index (κ2) is 7.27. The number of alkyl halides is 14. The van der Waals surface area contributed by atoms with E-state index in [0.29, 0.717) is 0 Å². The molecule has 0 bridgehead atoms. The maximum atomic E-state index is 14.5. The summed E-state index contributed by atoms with van der Waals surface area (Å²) in [6, 6.07) is -6.28. The molecule has 16 heteroatoms. The van der Waals surface area contributed by atoms with Crippen LogP contribution in [0.3, 0.4) is 0 Å². The molecule has 1 heterocycles. The quantitative estimate of drug-likeness (QED) is 0.365. The molecule has 0 radical (unpaired) electrons. The summed E-state index contributed by atoms with van der Waals surface area (Å²) < 4.78 is 193. The maximum absolute atomic E-state index is 14.5. The maximum Gasteiger partial charge on any atom is 0.456 e. The van der Waals surface area contributed by atoms with Crippen LogP contribution in [0.5, 0.6) is 0 Å². The zero-order valence-corrected chi connectivity index (χ0v) is 14.2. The summed E-state index contributed by atoms with van der Waals surface area (Å²) in [5, 5.41) is 0. The van der Waals surface area contributed by atoms with Crippen LogP contribution in [0, 0.1) is 0 Å². The molecule has 1 aliphatic heterocycles. The van der Waals surface area contributed by atoms with Gasteiger partial charge in [-0.05, 0) is 19.8 Å². The van der Waals surface area contributed by atoms with E-state index < -0.39 is 66.4 Å². The van der Waals surface area contributed by atoms with Crippen LogP contribution in [-0.2, 0) is 4.74 Å². The second-order valence-corrected chi connectivity index (χ2v) is 6.07. The first kappa shape index (κ1) is 26.0. The molecule has 2 nitrogen and oxygen atoms in total. The molecule has 0 aromatic rings. The molecule has 0 atom stereocenters. The fraction of sp³-hybridized carbons (Fsp3) is 1.00. The molecule has 0 spiro atoms. The van der Waals surface area contributed by atoms with E-state index in [9.17, 15) is 61.5 Å². The Labute approximate surface area is 153 Å². The van der Waals surface area contributed by atoms with Gasteiger partial charge in [-0.3, -0.25) is 0 Å². The Bertz CT molecular complexity index is 549. The summed E-state index contributed by atoms with van der Waals surface area (Å²) in [4.78, 5) is -0.750. The highest BCUT2D eigenvalue weighted by molar-refractivity contribution is 5.21. The molecular weight excluding hydrogens is 452 g/mol. The molecule has 0 aromatic carbocycles. The first-order chi connectivity index (χ1) is 12.7. The Morgan fingerprint density at radius 1 is 0.621 bits per heavy atom. The standard InChI is InChI=1S/C13H13F14NO/c1-2-29-7(8(14,15)11(20,21)22,9(16,17)12(23,24)25)10(18,19)13(26,27)28-5-3-4-6-28/h2-6H2,1H3. The van der Waals surface area contributed by atoms with Crippen molar-refractivity contribution in [3.05, 3.63) is 0 Å². The van der Waals surface area contributed by atoms with Crippen LogP contribution in [-0.4, -0.2) is 66.4 Å². The van der Waals surface area contributed by atoms with Gasteiger partial charge in [-0.25, -0.2) is 4.90 Å². The fourth-order valence-corrected chi connectivity index (χ4v) is 2.89. The molecule has 0 aliphatic carbocycles. The van der Waals surface area contributed by atoms with Gasteiger partial charge < -0.3 is 4.74 Å². The lowest BCUT2D eigenvalue weighted by Crippen LogP contribution is -2.82. The predicted molar refractivity (Wildman–Crippen MR) is 67.1 cm³/mol. The predicted octanol–water partition coefficient (Wildman–Crippen LogP) is 5.48. The van der Waals surface area contributed by atoms with Crippen LogP contribution in [0.15, 0.2) is 0 Å². The molecule has 29 heavy (non-hydrogen) atoms. The zero-order valence-electron chi connectivity index (χ0n) is 14.2. The molecule has 0 N–H and O–H groups in total. The van der Waals surface area contributed by atoms with Gasteiger partial charge in [0.25, 0.3) is 5.60 Å². The van der Waals surface area contributed by atoms with Gasteiger partial charge in [0.05, 0.1) is 0 Å². The molecule has 1 rings (SSSR count). The van der Waals surface area contributed by atoms with Crippen molar-refractivity contribution in [3.63, 3.8) is 0 Å². The summed E-state index contributed by atoms with van der Waals surface area (Å²) in [7, 11) is 0. The van der Waals surface area contributed by atoms with E-state index in [-0.39, 0.29) is 19.8 Å². The molecule has 1 aliphatic rings. The molecular formula is C13H13F14NO. The van der Waals surface area contributed by atoms with Gasteiger partial charge in [-0.15, -0.1) is 0 Å². The number of hydrogen-bond acceptors (Lipinski definition) is 2. The molecule has 0 saturated carbocycles. The average Bonchev–Trinajstić information content (AvgIpc) is 3.04. The zero-order chi connectivity index (χ0) is 23.3. The van der Waals surface area contributed by atoms with E-state index in [4.69, 9.17) is 0 Å². The van der Waals surface area contributed by atoms with Crippen molar-refractivity contribution in [1.29, 1.82) is 0 Å². The lowest BCUT2D eigenvalue weighted by atomic mass is 9.78. The van der Waals surface area contributed by atoms with Crippen molar-refractivity contribution in [2.75, 3.05) is 19.7 Å². The topological polar surface area (TPSA) is 12.5 Å². The normalized spacial score (nSPS) is 19.1. The highest BCUT2D eigenvalue weighted by Crippen LogP contribution is 2.65. The summed E-state index contributed by atoms with van der Waals surface area (Å²) in [6.45, 7) is -4.00. The smallest absolute Gasteiger partial charge is 0.358 e. The van der Waals surface area contributed by atoms with Gasteiger partial charge in [0, 0.05) is 19.7 Å². The van der Waals surface area contributed by atoms with Crippen molar-refractivity contribution < 1.29 is 66.2 Å². The highest BCUT2D eigenvalue weighted by atomic mass is 19.4. The van der Waals surface area contributed by atoms with Gasteiger partial charge in [-0.1, -0.05) is 0 Å². The molecule has 1 saturated heterocycles. The third-order valence-electron chi connectivity index (χ3n) is 4.28. The number of ether oxygens (including phenoxy) is 1. The molecule has 0 aromatic heterocycles. The summed E-state index contributed by atoms with van der Waals surface area (Å²) in [5.41, 5.74) is -7.34. The Morgan fingerprint density at radius 3 is 1.24 bits per heavy atom. The van der Waals surface area contributed by atoms with Crippen LogP contribution in [0.25, 0.3) is 0 Å². The summed E-state index contributed by atoms with van der Waals surface area (Å²) in [6.07, 6.45) is -15.7. The monoisotopic (exact) mass is 465 g/mol. The van der Waals surface area contributed by atoms with E-state index in [1.54, 1.807) is 0 Å². The minimum Gasteiger partial charge on any atom is -0.358 e. The van der Waals surface area contributed by atoms with Crippen molar-refractivity contribution in [2.24, 2.45) is 0 Å². The Morgan fingerprint density at radius 2 is 0.966 bits per heavy atom. The van der Waals surface area contributed by atoms with E-state index >= 15 is 0 Å². The van der Waals surface area contributed by atoms with Crippen molar-refractivity contribution >= 4 is 0 Å². The number of likely N-dealkylation sites (tertiary alicyclic amines) is 1. The number of rotatable bonds is 7. The van der Waals surface area contributed by atoms with Crippen LogP contribution in [0.4, 0.5) is 61.5 Å². The van der Waals surface area contributed by atoms with Crippen LogP contribution in [0.1, 0.15) is 19.8 Å². The first-order valence-corrected chi connectivity index (χ1v) is 7.70. The summed E-state index contributed by atoms with van der Waals surface area (Å²) in [5.74, 6) is -22.9. The number of halogens is 14. The van der Waals surface area contributed by atoms with Gasteiger partial charge in [0.1, 0.15) is 0 Å². The van der Waals surface area contributed by atoms with E-state index in [2.05, 4.69) is 4.74 Å². The van der Waals surface area contributed by atoms with Crippen molar-refractivity contribution in [1.82, 2.24) is 4.90 Å². The van der Waals surface area contributed by atoms with E-state index in [1.165, 1.54) is 0 Å². The minimum atomic E-state index is -7.76. The van der Waals surface area contributed by atoms with Crippen LogP contribution in [0.2, 0.25) is 0 Å². The van der Waals surface area contributed by atoms with Gasteiger partial charge in [0.15, 0.2) is 0 Å². The van der Waals surface area contributed by atoms with Gasteiger partial charge >= 0.3 is 36.2 Å². The van der Waals surface area contributed by atoms with Crippen molar-refractivity contribution in [3.8, 4) is 0 Å². The van der Waals surface area contributed by atoms with E-state index in [0.717, 1.165) is 0 Å². The van der Waals surface area contributed by atoms with Gasteiger partial charge in [-0.2, -0.15) is 61.5 Å². The van der Waals surface area contributed by atoms with Crippen molar-refractivity contribution in [2.45, 2.75) is 61.5 Å². The fourth-order valence-electron chi connectivity index (χ4n) is 2.89. The summed E-state index contributed by atoms with van der Waals surface area (Å²) >= 11 is 0. The number of hydrogen-bond donors (Lipinski definition) is 0. The Hall–Kier alpha value is -1.06. The van der Waals surface area contributed by atoms with E-state index in [1.807, 2.05) is 0 Å². The average molecular weight is 465 g/mol. The Balaban J connectivity index is 4.01.